The van der Waals surface area contributed by atoms with Gasteiger partial charge in [-0.05, 0) is 26.3 Å². The Morgan fingerprint density at radius 1 is 1.37 bits per heavy atom. The topological polar surface area (TPSA) is 58.3 Å². The molecule has 1 saturated heterocycles. The van der Waals surface area contributed by atoms with Crippen molar-refractivity contribution in [3.63, 3.8) is 0 Å². The second-order valence-electron chi connectivity index (χ2n) is 5.71. The van der Waals surface area contributed by atoms with Crippen LogP contribution in [-0.4, -0.2) is 47.6 Å². The molecule has 2 N–H and O–H groups in total. The molecular weight excluding hydrogens is 238 g/mol. The molecule has 0 aromatic carbocycles. The third-order valence-corrected chi connectivity index (χ3v) is 4.27. The zero-order valence-corrected chi connectivity index (χ0v) is 11.7. The summed E-state index contributed by atoms with van der Waals surface area (Å²) in [7, 11) is 2.14. The number of aromatic nitrogens is 2. The maximum atomic E-state index is 5.88. The monoisotopic (exact) mass is 261 g/mol. The van der Waals surface area contributed by atoms with E-state index in [1.807, 2.05) is 6.20 Å². The molecule has 1 unspecified atom stereocenters. The summed E-state index contributed by atoms with van der Waals surface area (Å²) in [4.78, 5) is 14.0. The fourth-order valence-corrected chi connectivity index (χ4v) is 3.09. The van der Waals surface area contributed by atoms with Gasteiger partial charge in [0.05, 0.1) is 5.69 Å². The number of likely N-dealkylation sites (N-methyl/N-ethyl adjacent to an activating group) is 1. The second-order valence-corrected chi connectivity index (χ2v) is 5.71. The van der Waals surface area contributed by atoms with Crippen molar-refractivity contribution in [2.24, 2.45) is 5.73 Å². The van der Waals surface area contributed by atoms with E-state index in [1.165, 1.54) is 30.5 Å². The minimum Gasteiger partial charge on any atom is -0.337 e. The molecule has 0 saturated carbocycles. The summed E-state index contributed by atoms with van der Waals surface area (Å²) >= 11 is 0. The molecule has 1 aromatic rings. The van der Waals surface area contributed by atoms with E-state index in [0.29, 0.717) is 12.6 Å². The van der Waals surface area contributed by atoms with Crippen LogP contribution in [-0.2, 0) is 13.0 Å². The first-order chi connectivity index (χ1) is 9.28. The largest absolute Gasteiger partial charge is 0.337 e. The molecule has 0 aliphatic carbocycles. The second kappa shape index (κ2) is 5.43. The molecule has 0 spiro atoms. The summed E-state index contributed by atoms with van der Waals surface area (Å²) in [6.45, 7) is 3.80. The Bertz CT molecular complexity index is 447. The van der Waals surface area contributed by atoms with Crippen LogP contribution in [0.3, 0.4) is 0 Å². The van der Waals surface area contributed by atoms with Crippen LogP contribution in [0, 0.1) is 0 Å². The highest BCUT2D eigenvalue weighted by molar-refractivity contribution is 5.36. The molecule has 2 aliphatic heterocycles. The molecule has 19 heavy (non-hydrogen) atoms. The van der Waals surface area contributed by atoms with Crippen molar-refractivity contribution in [3.8, 4) is 0 Å². The zero-order valence-electron chi connectivity index (χ0n) is 11.7. The molecule has 1 fully saturated rings. The lowest BCUT2D eigenvalue weighted by Gasteiger charge is -2.35. The van der Waals surface area contributed by atoms with Crippen molar-refractivity contribution in [1.82, 2.24) is 14.9 Å². The maximum Gasteiger partial charge on any atom is 0.225 e. The highest BCUT2D eigenvalue weighted by Crippen LogP contribution is 2.23. The molecule has 2 aliphatic rings. The standard InChI is InChI=1S/C14H23N5/c1-18-7-5-13-11(10-18)9-16-14(17-13)19-6-3-2-4-12(19)8-15/h9,12H,2-8,10,15H2,1H3. The normalized spacial score (nSPS) is 24.3. The highest BCUT2D eigenvalue weighted by Gasteiger charge is 2.24. The zero-order chi connectivity index (χ0) is 13.2. The van der Waals surface area contributed by atoms with E-state index in [-0.39, 0.29) is 0 Å². The molecular formula is C14H23N5. The first kappa shape index (κ1) is 12.8. The number of fused-ring (bicyclic) bond motifs is 1. The summed E-state index contributed by atoms with van der Waals surface area (Å²) in [5, 5.41) is 0. The molecule has 5 heteroatoms. The number of anilines is 1. The quantitative estimate of drug-likeness (QED) is 0.852. The van der Waals surface area contributed by atoms with Crippen molar-refractivity contribution >= 4 is 5.95 Å². The van der Waals surface area contributed by atoms with Crippen molar-refractivity contribution in [2.75, 3.05) is 31.6 Å². The third kappa shape index (κ3) is 2.58. The van der Waals surface area contributed by atoms with E-state index in [2.05, 4.69) is 21.8 Å². The lowest BCUT2D eigenvalue weighted by molar-refractivity contribution is 0.309. The van der Waals surface area contributed by atoms with Gasteiger partial charge in [-0.2, -0.15) is 0 Å². The van der Waals surface area contributed by atoms with Gasteiger partial charge >= 0.3 is 0 Å². The third-order valence-electron chi connectivity index (χ3n) is 4.27. The Balaban J connectivity index is 1.85. The summed E-state index contributed by atoms with van der Waals surface area (Å²) in [5.41, 5.74) is 8.39. The number of rotatable bonds is 2. The SMILES string of the molecule is CN1CCc2nc(N3CCCCC3CN)ncc2C1. The molecule has 1 atom stereocenters. The first-order valence-electron chi connectivity index (χ1n) is 7.28. The fraction of sp³-hybridized carbons (Fsp3) is 0.714. The lowest BCUT2D eigenvalue weighted by atomic mass is 10.0. The van der Waals surface area contributed by atoms with Crippen LogP contribution in [0.1, 0.15) is 30.5 Å². The van der Waals surface area contributed by atoms with Crippen molar-refractivity contribution in [2.45, 2.75) is 38.3 Å². The minimum absolute atomic E-state index is 0.415. The maximum absolute atomic E-state index is 5.88. The van der Waals surface area contributed by atoms with Gasteiger partial charge in [0.2, 0.25) is 5.95 Å². The van der Waals surface area contributed by atoms with E-state index in [1.54, 1.807) is 0 Å². The van der Waals surface area contributed by atoms with Gasteiger partial charge in [0.1, 0.15) is 0 Å². The minimum atomic E-state index is 0.415. The van der Waals surface area contributed by atoms with E-state index in [9.17, 15) is 0 Å². The average molecular weight is 261 g/mol. The number of piperidine rings is 1. The van der Waals surface area contributed by atoms with E-state index >= 15 is 0 Å². The first-order valence-corrected chi connectivity index (χ1v) is 7.28. The number of hydrogen-bond acceptors (Lipinski definition) is 5. The van der Waals surface area contributed by atoms with Gasteiger partial charge in [-0.3, -0.25) is 0 Å². The van der Waals surface area contributed by atoms with E-state index in [4.69, 9.17) is 10.7 Å². The van der Waals surface area contributed by atoms with Gasteiger partial charge in [-0.1, -0.05) is 0 Å². The van der Waals surface area contributed by atoms with Gasteiger partial charge in [0.15, 0.2) is 0 Å². The van der Waals surface area contributed by atoms with Crippen LogP contribution in [0.15, 0.2) is 6.20 Å². The van der Waals surface area contributed by atoms with Gasteiger partial charge in [0.25, 0.3) is 0 Å². The molecule has 3 rings (SSSR count). The van der Waals surface area contributed by atoms with Gasteiger partial charge in [0, 0.05) is 50.4 Å². The van der Waals surface area contributed by atoms with Crippen LogP contribution in [0.4, 0.5) is 5.95 Å². The lowest BCUT2D eigenvalue weighted by Crippen LogP contribution is -2.45. The Kier molecular flexibility index (Phi) is 3.66. The molecule has 0 bridgehead atoms. The number of hydrogen-bond donors (Lipinski definition) is 1. The Hall–Kier alpha value is -1.20. The molecule has 5 nitrogen and oxygen atoms in total. The highest BCUT2D eigenvalue weighted by atomic mass is 15.3. The molecule has 0 amide bonds. The van der Waals surface area contributed by atoms with Crippen LogP contribution < -0.4 is 10.6 Å². The Morgan fingerprint density at radius 3 is 3.11 bits per heavy atom. The van der Waals surface area contributed by atoms with Crippen molar-refractivity contribution in [1.29, 1.82) is 0 Å². The number of nitrogens with zero attached hydrogens (tertiary/aromatic N) is 4. The van der Waals surface area contributed by atoms with Gasteiger partial charge in [-0.15, -0.1) is 0 Å². The van der Waals surface area contributed by atoms with Gasteiger partial charge in [-0.25, -0.2) is 9.97 Å². The molecule has 104 valence electrons. The predicted octanol–water partition coefficient (Wildman–Crippen LogP) is 0.782. The molecule has 3 heterocycles. The van der Waals surface area contributed by atoms with Crippen LogP contribution in [0.2, 0.25) is 0 Å². The molecule has 1 aromatic heterocycles. The fourth-order valence-electron chi connectivity index (χ4n) is 3.09. The predicted molar refractivity (Wildman–Crippen MR) is 76.1 cm³/mol. The van der Waals surface area contributed by atoms with Crippen molar-refractivity contribution in [3.05, 3.63) is 17.5 Å². The number of nitrogens with two attached hydrogens (primary N) is 1. The smallest absolute Gasteiger partial charge is 0.225 e. The van der Waals surface area contributed by atoms with Crippen LogP contribution in [0.5, 0.6) is 0 Å². The van der Waals surface area contributed by atoms with Crippen LogP contribution >= 0.6 is 0 Å². The summed E-state index contributed by atoms with van der Waals surface area (Å²) in [6.07, 6.45) is 6.70. The molecule has 0 radical (unpaired) electrons. The summed E-state index contributed by atoms with van der Waals surface area (Å²) in [6, 6.07) is 0.415. The average Bonchev–Trinajstić information content (AvgIpc) is 2.46. The Morgan fingerprint density at radius 2 is 2.26 bits per heavy atom. The Labute approximate surface area is 114 Å². The van der Waals surface area contributed by atoms with E-state index < -0.39 is 0 Å². The van der Waals surface area contributed by atoms with Crippen molar-refractivity contribution < 1.29 is 0 Å². The summed E-state index contributed by atoms with van der Waals surface area (Å²) < 4.78 is 0. The van der Waals surface area contributed by atoms with Crippen LogP contribution in [0.25, 0.3) is 0 Å². The van der Waals surface area contributed by atoms with Gasteiger partial charge < -0.3 is 15.5 Å². The summed E-state index contributed by atoms with van der Waals surface area (Å²) in [5.74, 6) is 0.887. The van der Waals surface area contributed by atoms with E-state index in [0.717, 1.165) is 32.0 Å².